The van der Waals surface area contributed by atoms with Crippen molar-refractivity contribution in [3.05, 3.63) is 71.2 Å². The van der Waals surface area contributed by atoms with Crippen molar-refractivity contribution in [2.45, 2.75) is 31.9 Å². The number of aliphatic hydroxyl groups is 1. The molecule has 3 heterocycles. The molecule has 2 N–H and O–H groups in total. The Morgan fingerprint density at radius 2 is 2.10 bits per heavy atom. The zero-order chi connectivity index (χ0) is 21.1. The summed E-state index contributed by atoms with van der Waals surface area (Å²) in [5.41, 5.74) is 5.57. The maximum atomic E-state index is 12.6. The topological polar surface area (TPSA) is 89.3 Å². The lowest BCUT2D eigenvalue weighted by Crippen LogP contribution is -2.49. The number of rotatable bonds is 5. The minimum Gasteiger partial charge on any atom is -0.391 e. The first-order valence-electron chi connectivity index (χ1n) is 10.1. The van der Waals surface area contributed by atoms with E-state index in [0.29, 0.717) is 31.7 Å². The fraction of sp³-hybridized carbons (Fsp3) is 0.348. The number of nitrogens with one attached hydrogen (secondary N) is 1. The number of aromatic nitrogens is 3. The van der Waals surface area contributed by atoms with E-state index >= 15 is 0 Å². The predicted octanol–water partition coefficient (Wildman–Crippen LogP) is 2.26. The Balaban J connectivity index is 1.47. The SMILES string of the molecule is Cc1cnc(C(=O)N[C@H]2COCC[C@@H]2O)cc1Cc1ccc(-c2ccn(C)n2)cc1. The Labute approximate surface area is 175 Å². The number of carbonyl (C=O) groups is 1. The van der Waals surface area contributed by atoms with E-state index < -0.39 is 12.1 Å². The molecule has 1 saturated heterocycles. The standard InChI is InChI=1S/C23H26N4O3/c1-15-13-24-20(23(29)25-21-14-30-10-8-22(21)28)12-18(15)11-16-3-5-17(6-4-16)19-7-9-27(2)26-19/h3-7,9,12-13,21-22,28H,8,10-11,14H2,1-2H3,(H,25,29)/t21-,22-/m0/s1. The van der Waals surface area contributed by atoms with Crippen LogP contribution in [0.3, 0.4) is 0 Å². The largest absolute Gasteiger partial charge is 0.391 e. The molecule has 1 aliphatic heterocycles. The van der Waals surface area contributed by atoms with E-state index in [9.17, 15) is 9.90 Å². The van der Waals surface area contributed by atoms with Crippen LogP contribution in [0.1, 0.15) is 33.6 Å². The number of aryl methyl sites for hydroxylation is 2. The van der Waals surface area contributed by atoms with Gasteiger partial charge in [0.05, 0.1) is 24.4 Å². The van der Waals surface area contributed by atoms with Gasteiger partial charge in [0.25, 0.3) is 5.91 Å². The van der Waals surface area contributed by atoms with Crippen LogP contribution in [0.5, 0.6) is 0 Å². The monoisotopic (exact) mass is 406 g/mol. The predicted molar refractivity (Wildman–Crippen MR) is 113 cm³/mol. The highest BCUT2D eigenvalue weighted by Crippen LogP contribution is 2.20. The molecule has 2 atom stereocenters. The summed E-state index contributed by atoms with van der Waals surface area (Å²) in [7, 11) is 1.90. The summed E-state index contributed by atoms with van der Waals surface area (Å²) in [5.74, 6) is -0.295. The number of aliphatic hydroxyl groups excluding tert-OH is 1. The molecule has 0 aliphatic carbocycles. The van der Waals surface area contributed by atoms with E-state index in [1.54, 1.807) is 10.9 Å². The molecule has 30 heavy (non-hydrogen) atoms. The van der Waals surface area contributed by atoms with Crippen molar-refractivity contribution < 1.29 is 14.6 Å². The van der Waals surface area contributed by atoms with E-state index in [4.69, 9.17) is 4.74 Å². The van der Waals surface area contributed by atoms with Crippen molar-refractivity contribution in [1.82, 2.24) is 20.1 Å². The van der Waals surface area contributed by atoms with Crippen LogP contribution in [0.4, 0.5) is 0 Å². The van der Waals surface area contributed by atoms with Crippen molar-refractivity contribution in [2.75, 3.05) is 13.2 Å². The molecule has 1 aliphatic rings. The molecule has 0 bridgehead atoms. The number of benzene rings is 1. The lowest BCUT2D eigenvalue weighted by atomic mass is 9.99. The highest BCUT2D eigenvalue weighted by Gasteiger charge is 2.26. The molecule has 0 radical (unpaired) electrons. The number of carbonyl (C=O) groups excluding carboxylic acids is 1. The minimum atomic E-state index is -0.592. The third-order valence-corrected chi connectivity index (χ3v) is 5.44. The third kappa shape index (κ3) is 4.58. The molecule has 156 valence electrons. The second-order valence-electron chi connectivity index (χ2n) is 7.76. The van der Waals surface area contributed by atoms with Crippen LogP contribution in [0, 0.1) is 6.92 Å². The molecule has 1 fully saturated rings. The normalized spacial score (nSPS) is 18.9. The maximum absolute atomic E-state index is 12.6. The fourth-order valence-corrected chi connectivity index (χ4v) is 3.57. The van der Waals surface area contributed by atoms with Gasteiger partial charge in [-0.25, -0.2) is 0 Å². The first kappa shape index (κ1) is 20.3. The molecule has 1 amide bonds. The van der Waals surface area contributed by atoms with E-state index in [-0.39, 0.29) is 5.91 Å². The van der Waals surface area contributed by atoms with Gasteiger partial charge in [-0.05, 0) is 48.6 Å². The molecular weight excluding hydrogens is 380 g/mol. The van der Waals surface area contributed by atoms with Crippen LogP contribution >= 0.6 is 0 Å². The molecule has 7 heteroatoms. The third-order valence-electron chi connectivity index (χ3n) is 5.44. The van der Waals surface area contributed by atoms with Gasteiger partial charge in [-0.2, -0.15) is 5.10 Å². The smallest absolute Gasteiger partial charge is 0.270 e. The molecule has 0 spiro atoms. The van der Waals surface area contributed by atoms with Gasteiger partial charge in [-0.15, -0.1) is 0 Å². The van der Waals surface area contributed by atoms with Crippen LogP contribution < -0.4 is 5.32 Å². The Morgan fingerprint density at radius 3 is 2.80 bits per heavy atom. The van der Waals surface area contributed by atoms with Crippen molar-refractivity contribution in [1.29, 1.82) is 0 Å². The Morgan fingerprint density at radius 1 is 1.30 bits per heavy atom. The molecule has 4 rings (SSSR count). The van der Waals surface area contributed by atoms with Crippen LogP contribution in [0.2, 0.25) is 0 Å². The fourth-order valence-electron chi connectivity index (χ4n) is 3.57. The highest BCUT2D eigenvalue weighted by molar-refractivity contribution is 5.92. The van der Waals surface area contributed by atoms with E-state index in [1.807, 2.05) is 32.3 Å². The summed E-state index contributed by atoms with van der Waals surface area (Å²) >= 11 is 0. The Bertz CT molecular complexity index is 1030. The molecule has 0 unspecified atom stereocenters. The van der Waals surface area contributed by atoms with Crippen LogP contribution in [0.15, 0.2) is 48.8 Å². The lowest BCUT2D eigenvalue weighted by molar-refractivity contribution is -0.0140. The van der Waals surface area contributed by atoms with Gasteiger partial charge in [0.1, 0.15) is 5.69 Å². The molecule has 1 aromatic carbocycles. The second-order valence-corrected chi connectivity index (χ2v) is 7.76. The number of hydrogen-bond acceptors (Lipinski definition) is 5. The van der Waals surface area contributed by atoms with Gasteiger partial charge in [0, 0.05) is 31.6 Å². The molecule has 3 aromatic rings. The first-order valence-corrected chi connectivity index (χ1v) is 10.1. The van der Waals surface area contributed by atoms with E-state index in [2.05, 4.69) is 39.7 Å². The van der Waals surface area contributed by atoms with Crippen molar-refractivity contribution in [3.63, 3.8) is 0 Å². The van der Waals surface area contributed by atoms with Gasteiger partial charge in [-0.3, -0.25) is 14.5 Å². The van der Waals surface area contributed by atoms with Crippen molar-refractivity contribution >= 4 is 5.91 Å². The summed E-state index contributed by atoms with van der Waals surface area (Å²) in [5, 5.41) is 17.3. The molecule has 2 aromatic heterocycles. The van der Waals surface area contributed by atoms with Gasteiger partial charge in [0.15, 0.2) is 0 Å². The van der Waals surface area contributed by atoms with Crippen LogP contribution in [-0.2, 0) is 18.2 Å². The Hall–Kier alpha value is -3.03. The van der Waals surface area contributed by atoms with Gasteiger partial charge in [-0.1, -0.05) is 24.3 Å². The summed E-state index contributed by atoms with van der Waals surface area (Å²) in [6, 6.07) is 11.7. The molecule has 0 saturated carbocycles. The van der Waals surface area contributed by atoms with Crippen molar-refractivity contribution in [2.24, 2.45) is 7.05 Å². The average molecular weight is 406 g/mol. The lowest BCUT2D eigenvalue weighted by Gasteiger charge is -2.28. The quantitative estimate of drug-likeness (QED) is 0.679. The highest BCUT2D eigenvalue weighted by atomic mass is 16.5. The molecular formula is C23H26N4O3. The number of nitrogens with zero attached hydrogens (tertiary/aromatic N) is 3. The number of hydrogen-bond donors (Lipinski definition) is 2. The number of pyridine rings is 1. The minimum absolute atomic E-state index is 0.295. The number of amides is 1. The molecule has 7 nitrogen and oxygen atoms in total. The summed E-state index contributed by atoms with van der Waals surface area (Å²) in [6.45, 7) is 2.82. The maximum Gasteiger partial charge on any atom is 0.270 e. The average Bonchev–Trinajstić information content (AvgIpc) is 3.18. The van der Waals surface area contributed by atoms with Crippen LogP contribution in [0.25, 0.3) is 11.3 Å². The van der Waals surface area contributed by atoms with E-state index in [1.165, 1.54) is 0 Å². The van der Waals surface area contributed by atoms with Gasteiger partial charge >= 0.3 is 0 Å². The van der Waals surface area contributed by atoms with E-state index in [0.717, 1.165) is 27.9 Å². The zero-order valence-corrected chi connectivity index (χ0v) is 17.2. The summed E-state index contributed by atoms with van der Waals surface area (Å²) in [4.78, 5) is 16.9. The second kappa shape index (κ2) is 8.77. The van der Waals surface area contributed by atoms with Crippen LogP contribution in [-0.4, -0.2) is 51.1 Å². The van der Waals surface area contributed by atoms with Gasteiger partial charge < -0.3 is 15.2 Å². The summed E-state index contributed by atoms with van der Waals surface area (Å²) in [6.07, 6.45) is 4.28. The van der Waals surface area contributed by atoms with Crippen molar-refractivity contribution in [3.8, 4) is 11.3 Å². The first-order chi connectivity index (χ1) is 14.5. The zero-order valence-electron chi connectivity index (χ0n) is 17.2. The van der Waals surface area contributed by atoms with Gasteiger partial charge in [0.2, 0.25) is 0 Å². The number of ether oxygens (including phenoxy) is 1. The Kier molecular flexibility index (Phi) is 5.92. The summed E-state index contributed by atoms with van der Waals surface area (Å²) < 4.78 is 7.14.